The van der Waals surface area contributed by atoms with Gasteiger partial charge < -0.3 is 5.32 Å². The highest BCUT2D eigenvalue weighted by atomic mass is 16.1. The number of ketones is 1. The Balaban J connectivity index is 2.25. The van der Waals surface area contributed by atoms with Crippen molar-refractivity contribution in [2.24, 2.45) is 5.92 Å². The van der Waals surface area contributed by atoms with Gasteiger partial charge in [0.25, 0.3) is 0 Å². The van der Waals surface area contributed by atoms with Crippen LogP contribution in [0.25, 0.3) is 6.08 Å². The highest BCUT2D eigenvalue weighted by molar-refractivity contribution is 5.98. The van der Waals surface area contributed by atoms with Crippen molar-refractivity contribution in [3.63, 3.8) is 0 Å². The Kier molecular flexibility index (Phi) is 3.52. The highest BCUT2D eigenvalue weighted by Crippen LogP contribution is 2.21. The molecule has 2 nitrogen and oxygen atoms in total. The summed E-state index contributed by atoms with van der Waals surface area (Å²) in [6.45, 7) is 3.61. The van der Waals surface area contributed by atoms with E-state index in [4.69, 9.17) is 0 Å². The van der Waals surface area contributed by atoms with Crippen LogP contribution in [-0.4, -0.2) is 18.9 Å². The first-order valence-electron chi connectivity index (χ1n) is 5.75. The van der Waals surface area contributed by atoms with E-state index in [1.165, 1.54) is 0 Å². The molecule has 1 saturated heterocycles. The molecule has 2 heteroatoms. The lowest BCUT2D eigenvalue weighted by Gasteiger charge is -2.10. The molecule has 1 fully saturated rings. The monoisotopic (exact) mass is 215 g/mol. The third-order valence-corrected chi connectivity index (χ3v) is 3.03. The maximum atomic E-state index is 11.6. The molecule has 84 valence electrons. The third-order valence-electron chi connectivity index (χ3n) is 3.03. The summed E-state index contributed by atoms with van der Waals surface area (Å²) in [6, 6.07) is 10.0. The number of carbonyl (C=O) groups excluding carboxylic acids is 1. The molecule has 1 atom stereocenters. The van der Waals surface area contributed by atoms with E-state index in [0.717, 1.165) is 30.6 Å². The highest BCUT2D eigenvalue weighted by Gasteiger charge is 2.21. The van der Waals surface area contributed by atoms with Crippen LogP contribution in [0, 0.1) is 5.92 Å². The van der Waals surface area contributed by atoms with Gasteiger partial charge in [-0.3, -0.25) is 4.79 Å². The lowest BCUT2D eigenvalue weighted by atomic mass is 9.93. The van der Waals surface area contributed by atoms with Crippen molar-refractivity contribution in [1.29, 1.82) is 0 Å². The average molecular weight is 215 g/mol. The van der Waals surface area contributed by atoms with Crippen LogP contribution < -0.4 is 5.32 Å². The van der Waals surface area contributed by atoms with E-state index >= 15 is 0 Å². The maximum absolute atomic E-state index is 11.6. The third kappa shape index (κ3) is 2.58. The van der Waals surface area contributed by atoms with Crippen molar-refractivity contribution in [2.75, 3.05) is 13.1 Å². The fraction of sp³-hybridized carbons (Fsp3) is 0.357. The van der Waals surface area contributed by atoms with Gasteiger partial charge >= 0.3 is 0 Å². The van der Waals surface area contributed by atoms with E-state index in [1.807, 2.05) is 36.4 Å². The van der Waals surface area contributed by atoms with E-state index in [2.05, 4.69) is 5.32 Å². The molecule has 0 radical (unpaired) electrons. The summed E-state index contributed by atoms with van der Waals surface area (Å²) in [5.74, 6) is 0.579. The van der Waals surface area contributed by atoms with E-state index < -0.39 is 0 Å². The van der Waals surface area contributed by atoms with Crippen molar-refractivity contribution >= 4 is 11.9 Å². The van der Waals surface area contributed by atoms with Crippen molar-refractivity contribution in [3.8, 4) is 0 Å². The predicted octanol–water partition coefficient (Wildman–Crippen LogP) is 2.27. The first-order chi connectivity index (χ1) is 7.77. The van der Waals surface area contributed by atoms with Crippen molar-refractivity contribution in [3.05, 3.63) is 41.5 Å². The topological polar surface area (TPSA) is 29.1 Å². The molecule has 1 aromatic rings. The molecule has 1 aromatic carbocycles. The fourth-order valence-electron chi connectivity index (χ4n) is 2.16. The van der Waals surface area contributed by atoms with Gasteiger partial charge in [0.2, 0.25) is 0 Å². The molecular weight excluding hydrogens is 198 g/mol. The van der Waals surface area contributed by atoms with Crippen LogP contribution >= 0.6 is 0 Å². The Hall–Kier alpha value is -1.41. The van der Waals surface area contributed by atoms with Gasteiger partial charge in [0.15, 0.2) is 5.78 Å². The van der Waals surface area contributed by atoms with Crippen LogP contribution in [0.5, 0.6) is 0 Å². The van der Waals surface area contributed by atoms with Crippen LogP contribution in [0.2, 0.25) is 0 Å². The van der Waals surface area contributed by atoms with E-state index in [1.54, 1.807) is 6.92 Å². The molecule has 0 bridgehead atoms. The zero-order valence-corrected chi connectivity index (χ0v) is 9.57. The Bertz CT molecular complexity index is 388. The summed E-state index contributed by atoms with van der Waals surface area (Å²) < 4.78 is 0. The van der Waals surface area contributed by atoms with Gasteiger partial charge in [0.1, 0.15) is 0 Å². The minimum absolute atomic E-state index is 0.192. The number of rotatable bonds is 3. The molecule has 0 spiro atoms. The molecule has 0 aromatic heterocycles. The number of carbonyl (C=O) groups is 1. The van der Waals surface area contributed by atoms with Crippen molar-refractivity contribution < 1.29 is 4.79 Å². The normalized spacial score (nSPS) is 21.1. The summed E-state index contributed by atoms with van der Waals surface area (Å²) in [6.07, 6.45) is 3.10. The Morgan fingerprint density at radius 1 is 1.38 bits per heavy atom. The van der Waals surface area contributed by atoms with Crippen LogP contribution in [-0.2, 0) is 4.79 Å². The molecule has 1 aliphatic heterocycles. The van der Waals surface area contributed by atoms with Crippen LogP contribution in [0.4, 0.5) is 0 Å². The molecule has 1 N–H and O–H groups in total. The predicted molar refractivity (Wildman–Crippen MR) is 66.1 cm³/mol. The van der Waals surface area contributed by atoms with E-state index in [0.29, 0.717) is 5.92 Å². The van der Waals surface area contributed by atoms with Gasteiger partial charge in [0.05, 0.1) is 0 Å². The summed E-state index contributed by atoms with van der Waals surface area (Å²) in [5, 5.41) is 3.30. The van der Waals surface area contributed by atoms with Crippen LogP contribution in [0.15, 0.2) is 35.9 Å². The number of hydrogen-bond acceptors (Lipinski definition) is 2. The second-order valence-corrected chi connectivity index (χ2v) is 4.26. The Morgan fingerprint density at radius 3 is 2.69 bits per heavy atom. The second-order valence-electron chi connectivity index (χ2n) is 4.26. The lowest BCUT2D eigenvalue weighted by Crippen LogP contribution is -2.14. The van der Waals surface area contributed by atoms with Gasteiger partial charge in [-0.15, -0.1) is 0 Å². The summed E-state index contributed by atoms with van der Waals surface area (Å²) in [7, 11) is 0. The minimum atomic E-state index is 0.192. The molecule has 0 amide bonds. The fourth-order valence-corrected chi connectivity index (χ4v) is 2.16. The summed E-state index contributed by atoms with van der Waals surface area (Å²) in [5.41, 5.74) is 2.07. The lowest BCUT2D eigenvalue weighted by molar-refractivity contribution is -0.114. The number of hydrogen-bond donors (Lipinski definition) is 1. The Morgan fingerprint density at radius 2 is 2.12 bits per heavy atom. The maximum Gasteiger partial charge on any atom is 0.156 e. The number of nitrogens with one attached hydrogen (secondary N) is 1. The van der Waals surface area contributed by atoms with Gasteiger partial charge in [-0.2, -0.15) is 0 Å². The van der Waals surface area contributed by atoms with Crippen molar-refractivity contribution in [2.45, 2.75) is 13.3 Å². The first-order valence-corrected chi connectivity index (χ1v) is 5.75. The minimum Gasteiger partial charge on any atom is -0.316 e. The van der Waals surface area contributed by atoms with Crippen LogP contribution in [0.3, 0.4) is 0 Å². The van der Waals surface area contributed by atoms with Gasteiger partial charge in [-0.1, -0.05) is 30.3 Å². The van der Waals surface area contributed by atoms with Gasteiger partial charge in [-0.05, 0) is 37.1 Å². The molecule has 1 heterocycles. The average Bonchev–Trinajstić information content (AvgIpc) is 2.80. The van der Waals surface area contributed by atoms with E-state index in [9.17, 15) is 4.79 Å². The van der Waals surface area contributed by atoms with E-state index in [-0.39, 0.29) is 5.78 Å². The van der Waals surface area contributed by atoms with Gasteiger partial charge in [-0.25, -0.2) is 0 Å². The molecule has 16 heavy (non-hydrogen) atoms. The smallest absolute Gasteiger partial charge is 0.156 e. The van der Waals surface area contributed by atoms with Crippen molar-refractivity contribution in [1.82, 2.24) is 5.32 Å². The molecular formula is C14H17NO. The molecule has 1 unspecified atom stereocenters. The summed E-state index contributed by atoms with van der Waals surface area (Å²) in [4.78, 5) is 11.6. The molecule has 0 saturated carbocycles. The molecule has 1 aliphatic rings. The standard InChI is InChI=1S/C14H17NO/c1-11(16)14(13-7-8-15-10-13)9-12-5-3-2-4-6-12/h2-6,9,13,15H,7-8,10H2,1H3. The Labute approximate surface area is 96.4 Å². The number of benzene rings is 1. The summed E-state index contributed by atoms with van der Waals surface area (Å²) >= 11 is 0. The van der Waals surface area contributed by atoms with Gasteiger partial charge in [0, 0.05) is 12.5 Å². The first kappa shape index (κ1) is 11.1. The molecule has 0 aliphatic carbocycles. The number of Topliss-reactive ketones (excluding diaryl/α,β-unsaturated/α-hetero) is 1. The van der Waals surface area contributed by atoms with Crippen LogP contribution in [0.1, 0.15) is 18.9 Å². The SMILES string of the molecule is CC(=O)C(=Cc1ccccc1)C1CCNC1. The quantitative estimate of drug-likeness (QED) is 0.784. The molecule has 2 rings (SSSR count). The second kappa shape index (κ2) is 5.08. The largest absolute Gasteiger partial charge is 0.316 e. The zero-order chi connectivity index (χ0) is 11.4. The zero-order valence-electron chi connectivity index (χ0n) is 9.57.